The minimum absolute atomic E-state index is 0.0973. The number of carbonyl (C=O) groups is 1. The van der Waals surface area contributed by atoms with Crippen LogP contribution in [0, 0.1) is 0 Å². The highest BCUT2D eigenvalue weighted by atomic mass is 35.5. The first-order valence-electron chi connectivity index (χ1n) is 6.64. The molecular weight excluding hydrogens is 262 g/mol. The summed E-state index contributed by atoms with van der Waals surface area (Å²) in [4.78, 5) is 14.0. The number of nitrogens with zero attached hydrogens (tertiary/aromatic N) is 1. The van der Waals surface area contributed by atoms with E-state index in [2.05, 4.69) is 15.5 Å². The van der Waals surface area contributed by atoms with E-state index in [1.54, 1.807) is 0 Å². The lowest BCUT2D eigenvalue weighted by Crippen LogP contribution is -2.55. The second-order valence-electron chi connectivity index (χ2n) is 4.71. The summed E-state index contributed by atoms with van der Waals surface area (Å²) in [6.45, 7) is 4.29. The van der Waals surface area contributed by atoms with Gasteiger partial charge in [-0.05, 0) is 31.2 Å². The molecule has 1 atom stereocenters. The third-order valence-electron chi connectivity index (χ3n) is 3.45. The van der Waals surface area contributed by atoms with Crippen molar-refractivity contribution < 1.29 is 4.79 Å². The van der Waals surface area contributed by atoms with E-state index in [1.165, 1.54) is 0 Å². The van der Waals surface area contributed by atoms with Gasteiger partial charge < -0.3 is 15.5 Å². The number of amides is 1. The third kappa shape index (κ3) is 3.01. The van der Waals surface area contributed by atoms with E-state index in [1.807, 2.05) is 32.2 Å². The van der Waals surface area contributed by atoms with Crippen LogP contribution < -0.4 is 15.5 Å². The second kappa shape index (κ2) is 6.26. The van der Waals surface area contributed by atoms with Gasteiger partial charge in [0.2, 0.25) is 5.91 Å². The summed E-state index contributed by atoms with van der Waals surface area (Å²) in [6, 6.07) is 5.92. The molecule has 1 aromatic rings. The standard InChI is InChI=1S/C14H20ClN3O/c1-3-13-14(19)17-6-7-18(13)11-5-4-10(9-16-2)12(15)8-11/h4-5,8,13,16H,3,6-7,9H2,1-2H3,(H,17,19). The number of benzene rings is 1. The van der Waals surface area contributed by atoms with E-state index in [9.17, 15) is 4.79 Å². The lowest BCUT2D eigenvalue weighted by Gasteiger charge is -2.36. The number of hydrogen-bond donors (Lipinski definition) is 2. The third-order valence-corrected chi connectivity index (χ3v) is 3.80. The van der Waals surface area contributed by atoms with Gasteiger partial charge in [-0.2, -0.15) is 0 Å². The number of anilines is 1. The Morgan fingerprint density at radius 1 is 1.53 bits per heavy atom. The number of halogens is 1. The summed E-state index contributed by atoms with van der Waals surface area (Å²) in [5.74, 6) is 0.101. The van der Waals surface area contributed by atoms with Crippen molar-refractivity contribution in [3.63, 3.8) is 0 Å². The van der Waals surface area contributed by atoms with Crippen molar-refractivity contribution >= 4 is 23.2 Å². The quantitative estimate of drug-likeness (QED) is 0.884. The van der Waals surface area contributed by atoms with E-state index in [0.717, 1.165) is 35.8 Å². The minimum Gasteiger partial charge on any atom is -0.358 e. The van der Waals surface area contributed by atoms with Gasteiger partial charge in [-0.3, -0.25) is 4.79 Å². The molecule has 0 radical (unpaired) electrons. The highest BCUT2D eigenvalue weighted by molar-refractivity contribution is 6.31. The molecule has 1 aromatic carbocycles. The summed E-state index contributed by atoms with van der Waals surface area (Å²) in [7, 11) is 1.90. The Bertz CT molecular complexity index is 464. The van der Waals surface area contributed by atoms with E-state index in [0.29, 0.717) is 6.54 Å². The number of carbonyl (C=O) groups excluding carboxylic acids is 1. The first-order chi connectivity index (χ1) is 9.17. The van der Waals surface area contributed by atoms with E-state index in [4.69, 9.17) is 11.6 Å². The Morgan fingerprint density at radius 2 is 2.32 bits per heavy atom. The average molecular weight is 282 g/mol. The molecule has 1 fully saturated rings. The first-order valence-corrected chi connectivity index (χ1v) is 7.02. The summed E-state index contributed by atoms with van der Waals surface area (Å²) >= 11 is 6.29. The molecule has 1 saturated heterocycles. The molecule has 0 saturated carbocycles. The molecule has 4 nitrogen and oxygen atoms in total. The predicted molar refractivity (Wildman–Crippen MR) is 78.7 cm³/mol. The molecule has 1 aliphatic rings. The Kier molecular flexibility index (Phi) is 4.66. The summed E-state index contributed by atoms with van der Waals surface area (Å²) in [6.07, 6.45) is 0.793. The second-order valence-corrected chi connectivity index (χ2v) is 5.12. The molecule has 2 rings (SSSR count). The topological polar surface area (TPSA) is 44.4 Å². The van der Waals surface area contributed by atoms with Crippen LogP contribution in [0.15, 0.2) is 18.2 Å². The molecule has 104 valence electrons. The minimum atomic E-state index is -0.0973. The van der Waals surface area contributed by atoms with Crippen LogP contribution in [0.2, 0.25) is 5.02 Å². The van der Waals surface area contributed by atoms with Gasteiger partial charge in [0.1, 0.15) is 6.04 Å². The molecule has 0 aromatic heterocycles. The summed E-state index contributed by atoms with van der Waals surface area (Å²) in [5, 5.41) is 6.74. The molecule has 19 heavy (non-hydrogen) atoms. The number of nitrogens with one attached hydrogen (secondary N) is 2. The maximum absolute atomic E-state index is 11.9. The first kappa shape index (κ1) is 14.2. The van der Waals surface area contributed by atoms with Gasteiger partial charge in [0, 0.05) is 30.3 Å². The summed E-state index contributed by atoms with van der Waals surface area (Å²) < 4.78 is 0. The van der Waals surface area contributed by atoms with Crippen molar-refractivity contribution in [2.24, 2.45) is 0 Å². The molecule has 5 heteroatoms. The van der Waals surface area contributed by atoms with Gasteiger partial charge >= 0.3 is 0 Å². The number of hydrogen-bond acceptors (Lipinski definition) is 3. The molecule has 0 aliphatic carbocycles. The number of piperazine rings is 1. The highest BCUT2D eigenvalue weighted by Gasteiger charge is 2.28. The van der Waals surface area contributed by atoms with Crippen LogP contribution in [0.3, 0.4) is 0 Å². The zero-order valence-electron chi connectivity index (χ0n) is 11.4. The van der Waals surface area contributed by atoms with Crippen molar-refractivity contribution in [3.05, 3.63) is 28.8 Å². The Balaban J connectivity index is 2.25. The maximum atomic E-state index is 11.9. The van der Waals surface area contributed by atoms with Gasteiger partial charge in [-0.15, -0.1) is 0 Å². The van der Waals surface area contributed by atoms with Crippen LogP contribution >= 0.6 is 11.6 Å². The van der Waals surface area contributed by atoms with Gasteiger partial charge in [0.25, 0.3) is 0 Å². The Labute approximate surface area is 119 Å². The van der Waals surface area contributed by atoms with Crippen molar-refractivity contribution in [1.82, 2.24) is 10.6 Å². The van der Waals surface area contributed by atoms with Gasteiger partial charge in [-0.1, -0.05) is 24.6 Å². The van der Waals surface area contributed by atoms with Crippen molar-refractivity contribution in [2.45, 2.75) is 25.9 Å². The largest absolute Gasteiger partial charge is 0.358 e. The zero-order valence-corrected chi connectivity index (χ0v) is 12.1. The summed E-state index contributed by atoms with van der Waals surface area (Å²) in [5.41, 5.74) is 2.09. The van der Waals surface area contributed by atoms with Crippen LogP contribution in [0.25, 0.3) is 0 Å². The monoisotopic (exact) mass is 281 g/mol. The van der Waals surface area contributed by atoms with Crippen molar-refractivity contribution in [2.75, 3.05) is 25.0 Å². The fourth-order valence-electron chi connectivity index (χ4n) is 2.48. The van der Waals surface area contributed by atoms with Crippen molar-refractivity contribution in [3.8, 4) is 0 Å². The maximum Gasteiger partial charge on any atom is 0.242 e. The molecule has 1 heterocycles. The molecule has 0 spiro atoms. The smallest absolute Gasteiger partial charge is 0.242 e. The van der Waals surface area contributed by atoms with Gasteiger partial charge in [-0.25, -0.2) is 0 Å². The van der Waals surface area contributed by atoms with Crippen LogP contribution in [0.5, 0.6) is 0 Å². The van der Waals surface area contributed by atoms with Crippen LogP contribution in [-0.2, 0) is 11.3 Å². The fraction of sp³-hybridized carbons (Fsp3) is 0.500. The van der Waals surface area contributed by atoms with Gasteiger partial charge in [0.15, 0.2) is 0 Å². The van der Waals surface area contributed by atoms with Crippen LogP contribution in [0.4, 0.5) is 5.69 Å². The van der Waals surface area contributed by atoms with Gasteiger partial charge in [0.05, 0.1) is 0 Å². The lowest BCUT2D eigenvalue weighted by molar-refractivity contribution is -0.123. The lowest BCUT2D eigenvalue weighted by atomic mass is 10.1. The zero-order chi connectivity index (χ0) is 13.8. The average Bonchev–Trinajstić information content (AvgIpc) is 2.41. The normalized spacial score (nSPS) is 19.4. The van der Waals surface area contributed by atoms with E-state index >= 15 is 0 Å². The Morgan fingerprint density at radius 3 is 2.95 bits per heavy atom. The molecule has 2 N–H and O–H groups in total. The van der Waals surface area contributed by atoms with Crippen LogP contribution in [-0.4, -0.2) is 32.1 Å². The molecule has 0 bridgehead atoms. The highest BCUT2D eigenvalue weighted by Crippen LogP contribution is 2.26. The molecule has 1 unspecified atom stereocenters. The van der Waals surface area contributed by atoms with Crippen molar-refractivity contribution in [1.29, 1.82) is 0 Å². The molecular formula is C14H20ClN3O. The van der Waals surface area contributed by atoms with Crippen LogP contribution in [0.1, 0.15) is 18.9 Å². The van der Waals surface area contributed by atoms with E-state index in [-0.39, 0.29) is 11.9 Å². The molecule has 1 aliphatic heterocycles. The SMILES string of the molecule is CCC1C(=O)NCCN1c1ccc(CNC)c(Cl)c1. The van der Waals surface area contributed by atoms with E-state index < -0.39 is 0 Å². The predicted octanol–water partition coefficient (Wildman–Crippen LogP) is 1.77. The molecule has 1 amide bonds. The number of rotatable bonds is 4. The Hall–Kier alpha value is -1.26. The fourth-order valence-corrected chi connectivity index (χ4v) is 2.72.